The van der Waals surface area contributed by atoms with Crippen molar-refractivity contribution in [3.63, 3.8) is 0 Å². The number of carbonyl (C=O) groups is 1. The molecule has 0 saturated carbocycles. The first-order valence-electron chi connectivity index (χ1n) is 3.92. The van der Waals surface area contributed by atoms with Gasteiger partial charge in [0.2, 0.25) is 5.91 Å². The van der Waals surface area contributed by atoms with Gasteiger partial charge in [-0.05, 0) is 6.42 Å². The van der Waals surface area contributed by atoms with Crippen molar-refractivity contribution >= 4 is 22.9 Å². The Morgan fingerprint density at radius 2 is 2.17 bits per heavy atom. The van der Waals surface area contributed by atoms with Crippen LogP contribution in [0.3, 0.4) is 0 Å². The van der Waals surface area contributed by atoms with Gasteiger partial charge in [0.05, 0.1) is 6.67 Å². The van der Waals surface area contributed by atoms with Gasteiger partial charge in [-0.3, -0.25) is 9.69 Å². The van der Waals surface area contributed by atoms with Gasteiger partial charge in [0, 0.05) is 25.9 Å². The molecule has 4 heteroatoms. The molecular formula is C8H15BrN2O. The van der Waals surface area contributed by atoms with Crippen molar-refractivity contribution in [2.75, 3.05) is 13.7 Å². The van der Waals surface area contributed by atoms with Crippen LogP contribution < -0.4 is 0 Å². The van der Waals surface area contributed by atoms with E-state index in [2.05, 4.69) is 0 Å². The molecule has 0 aromatic rings. The van der Waals surface area contributed by atoms with E-state index in [0.29, 0.717) is 13.1 Å². The minimum absolute atomic E-state index is 0. The topological polar surface area (TPSA) is 23.6 Å². The van der Waals surface area contributed by atoms with Gasteiger partial charge in [0.1, 0.15) is 0 Å². The van der Waals surface area contributed by atoms with Crippen LogP contribution in [-0.4, -0.2) is 29.4 Å². The van der Waals surface area contributed by atoms with Gasteiger partial charge in [-0.25, -0.2) is 0 Å². The highest BCUT2D eigenvalue weighted by Gasteiger charge is 2.14. The second-order valence-electron chi connectivity index (χ2n) is 2.81. The molecule has 1 amide bonds. The normalized spacial score (nSPS) is 14.8. The van der Waals surface area contributed by atoms with Gasteiger partial charge in [-0.1, -0.05) is 6.92 Å². The molecule has 0 atom stereocenters. The van der Waals surface area contributed by atoms with Gasteiger partial charge >= 0.3 is 0 Å². The van der Waals surface area contributed by atoms with Crippen molar-refractivity contribution < 1.29 is 4.79 Å². The molecule has 0 aromatic carbocycles. The quantitative estimate of drug-likeness (QED) is 0.725. The summed E-state index contributed by atoms with van der Waals surface area (Å²) in [5.74, 6) is 0.216. The van der Waals surface area contributed by atoms with Crippen LogP contribution in [-0.2, 0) is 4.79 Å². The standard InChI is InChI=1S/C8H14N2O.BrH/c1-3-4-8(11)10-6-5-9(2)7-10;/h5-6H,3-4,7H2,1-2H3;1H. The molecule has 0 spiro atoms. The molecular weight excluding hydrogens is 220 g/mol. The van der Waals surface area contributed by atoms with Crippen LogP contribution in [0.15, 0.2) is 12.4 Å². The Balaban J connectivity index is 0.00000121. The fourth-order valence-electron chi connectivity index (χ4n) is 1.05. The summed E-state index contributed by atoms with van der Waals surface area (Å²) < 4.78 is 0. The Labute approximate surface area is 83.8 Å². The smallest absolute Gasteiger partial charge is 0.228 e. The predicted molar refractivity (Wildman–Crippen MR) is 53.8 cm³/mol. The van der Waals surface area contributed by atoms with E-state index in [0.717, 1.165) is 6.42 Å². The maximum atomic E-state index is 11.2. The fourth-order valence-corrected chi connectivity index (χ4v) is 1.05. The molecule has 0 aliphatic carbocycles. The Morgan fingerprint density at radius 3 is 2.58 bits per heavy atom. The van der Waals surface area contributed by atoms with E-state index in [1.807, 2.05) is 31.3 Å². The van der Waals surface area contributed by atoms with Crippen molar-refractivity contribution in [2.24, 2.45) is 0 Å². The monoisotopic (exact) mass is 234 g/mol. The first-order chi connectivity index (χ1) is 5.24. The average molecular weight is 235 g/mol. The minimum Gasteiger partial charge on any atom is -0.361 e. The lowest BCUT2D eigenvalue weighted by atomic mass is 10.3. The van der Waals surface area contributed by atoms with E-state index in [9.17, 15) is 4.79 Å². The fraction of sp³-hybridized carbons (Fsp3) is 0.625. The molecule has 70 valence electrons. The van der Waals surface area contributed by atoms with Gasteiger partial charge in [-0.2, -0.15) is 0 Å². The molecule has 12 heavy (non-hydrogen) atoms. The van der Waals surface area contributed by atoms with E-state index < -0.39 is 0 Å². The number of amides is 1. The average Bonchev–Trinajstić information content (AvgIpc) is 2.36. The lowest BCUT2D eigenvalue weighted by Crippen LogP contribution is -2.28. The van der Waals surface area contributed by atoms with E-state index in [4.69, 9.17) is 0 Å². The Kier molecular flexibility index (Phi) is 4.97. The molecule has 1 rings (SSSR count). The van der Waals surface area contributed by atoms with E-state index >= 15 is 0 Å². The summed E-state index contributed by atoms with van der Waals surface area (Å²) in [6, 6.07) is 0. The number of halogens is 1. The lowest BCUT2D eigenvalue weighted by Gasteiger charge is -2.15. The molecule has 1 heterocycles. The summed E-state index contributed by atoms with van der Waals surface area (Å²) in [6.45, 7) is 2.72. The van der Waals surface area contributed by atoms with E-state index in [1.54, 1.807) is 4.90 Å². The van der Waals surface area contributed by atoms with Crippen molar-refractivity contribution in [1.82, 2.24) is 9.80 Å². The maximum absolute atomic E-state index is 11.2. The first kappa shape index (κ1) is 11.5. The molecule has 1 aliphatic rings. The van der Waals surface area contributed by atoms with Crippen LogP contribution >= 0.6 is 17.0 Å². The Hall–Kier alpha value is -0.510. The van der Waals surface area contributed by atoms with Crippen LogP contribution in [0.4, 0.5) is 0 Å². The maximum Gasteiger partial charge on any atom is 0.228 e. The van der Waals surface area contributed by atoms with Crippen molar-refractivity contribution in [3.8, 4) is 0 Å². The van der Waals surface area contributed by atoms with E-state index in [-0.39, 0.29) is 22.9 Å². The molecule has 0 N–H and O–H groups in total. The zero-order chi connectivity index (χ0) is 8.27. The number of hydrogen-bond donors (Lipinski definition) is 0. The zero-order valence-corrected chi connectivity index (χ0v) is 9.20. The van der Waals surface area contributed by atoms with Crippen LogP contribution in [0.1, 0.15) is 19.8 Å². The number of carbonyl (C=O) groups excluding carboxylic acids is 1. The molecule has 0 saturated heterocycles. The van der Waals surface area contributed by atoms with Crippen LogP contribution in [0, 0.1) is 0 Å². The van der Waals surface area contributed by atoms with Gasteiger partial charge in [0.15, 0.2) is 0 Å². The van der Waals surface area contributed by atoms with Crippen molar-refractivity contribution in [2.45, 2.75) is 19.8 Å². The minimum atomic E-state index is 0. The molecule has 0 fully saturated rings. The number of rotatable bonds is 2. The summed E-state index contributed by atoms with van der Waals surface area (Å²) >= 11 is 0. The highest BCUT2D eigenvalue weighted by atomic mass is 79.9. The Morgan fingerprint density at radius 1 is 1.50 bits per heavy atom. The lowest BCUT2D eigenvalue weighted by molar-refractivity contribution is -0.129. The summed E-state index contributed by atoms with van der Waals surface area (Å²) in [7, 11) is 1.95. The summed E-state index contributed by atoms with van der Waals surface area (Å²) in [6.07, 6.45) is 5.32. The second-order valence-corrected chi connectivity index (χ2v) is 2.81. The highest BCUT2D eigenvalue weighted by molar-refractivity contribution is 8.93. The molecule has 3 nitrogen and oxygen atoms in total. The highest BCUT2D eigenvalue weighted by Crippen LogP contribution is 2.06. The van der Waals surface area contributed by atoms with Crippen LogP contribution in [0.2, 0.25) is 0 Å². The molecule has 0 bridgehead atoms. The summed E-state index contributed by atoms with van der Waals surface area (Å²) in [4.78, 5) is 15.0. The predicted octanol–water partition coefficient (Wildman–Crippen LogP) is 1.57. The molecule has 0 aromatic heterocycles. The third-order valence-electron chi connectivity index (χ3n) is 1.66. The van der Waals surface area contributed by atoms with Gasteiger partial charge in [0.25, 0.3) is 0 Å². The zero-order valence-electron chi connectivity index (χ0n) is 7.49. The third-order valence-corrected chi connectivity index (χ3v) is 1.66. The first-order valence-corrected chi connectivity index (χ1v) is 3.92. The summed E-state index contributed by atoms with van der Waals surface area (Å²) in [5, 5.41) is 0. The Bertz CT molecular complexity index is 182. The molecule has 1 aliphatic heterocycles. The van der Waals surface area contributed by atoms with Gasteiger partial charge in [-0.15, -0.1) is 17.0 Å². The van der Waals surface area contributed by atoms with Crippen molar-refractivity contribution in [1.29, 1.82) is 0 Å². The molecule has 0 radical (unpaired) electrons. The largest absolute Gasteiger partial charge is 0.361 e. The SMILES string of the molecule is Br.CCCC(=O)N1C=CN(C)C1. The van der Waals surface area contributed by atoms with Crippen molar-refractivity contribution in [3.05, 3.63) is 12.4 Å². The molecule has 0 unspecified atom stereocenters. The number of nitrogens with zero attached hydrogens (tertiary/aromatic N) is 2. The van der Waals surface area contributed by atoms with Crippen LogP contribution in [0.25, 0.3) is 0 Å². The number of hydrogen-bond acceptors (Lipinski definition) is 2. The summed E-state index contributed by atoms with van der Waals surface area (Å²) in [5.41, 5.74) is 0. The second kappa shape index (κ2) is 5.19. The third kappa shape index (κ3) is 2.85. The van der Waals surface area contributed by atoms with E-state index in [1.165, 1.54) is 0 Å². The van der Waals surface area contributed by atoms with Gasteiger partial charge < -0.3 is 4.90 Å². The van der Waals surface area contributed by atoms with Crippen LogP contribution in [0.5, 0.6) is 0 Å².